The number of primary amides is 1. The molecule has 1 amide bonds. The molecule has 1 heterocycles. The Kier molecular flexibility index (Phi) is 7.09. The van der Waals surface area contributed by atoms with Crippen LogP contribution < -0.4 is 10.5 Å². The van der Waals surface area contributed by atoms with Crippen LogP contribution in [0.25, 0.3) is 11.1 Å². The molecule has 0 spiro atoms. The van der Waals surface area contributed by atoms with Crippen molar-refractivity contribution in [3.63, 3.8) is 0 Å². The zero-order valence-electron chi connectivity index (χ0n) is 18.9. The monoisotopic (exact) mass is 456 g/mol. The van der Waals surface area contributed by atoms with E-state index in [0.717, 1.165) is 16.7 Å². The number of carbonyl (C=O) groups is 1. The molecule has 0 radical (unpaired) electrons. The lowest BCUT2D eigenvalue weighted by Crippen LogP contribution is -2.45. The molecule has 0 unspecified atom stereocenters. The van der Waals surface area contributed by atoms with E-state index in [2.05, 4.69) is 6.58 Å². The number of hydrogen-bond acceptors (Lipinski definition) is 5. The van der Waals surface area contributed by atoms with Crippen molar-refractivity contribution in [1.82, 2.24) is 0 Å². The van der Waals surface area contributed by atoms with Gasteiger partial charge in [-0.1, -0.05) is 60.7 Å². The maximum absolute atomic E-state index is 12.7. The molecule has 4 rings (SSSR count). The molecule has 3 N–H and O–H groups in total. The highest BCUT2D eigenvalue weighted by molar-refractivity contribution is 6.00. The van der Waals surface area contributed by atoms with Crippen LogP contribution in [-0.2, 0) is 9.53 Å². The number of nitrogens with zero attached hydrogens (tertiary/aromatic N) is 1. The van der Waals surface area contributed by atoms with Crippen molar-refractivity contribution in [3.8, 4) is 16.9 Å². The molecule has 174 valence electrons. The van der Waals surface area contributed by atoms with Crippen LogP contribution >= 0.6 is 0 Å². The van der Waals surface area contributed by atoms with Gasteiger partial charge in [-0.05, 0) is 41.0 Å². The normalized spacial score (nSPS) is 19.2. The summed E-state index contributed by atoms with van der Waals surface area (Å²) in [4.78, 5) is 17.4. The molecule has 1 aliphatic heterocycles. The summed E-state index contributed by atoms with van der Waals surface area (Å²) in [5.41, 5.74) is 8.29. The number of aliphatic hydroxyl groups excluding tert-OH is 1. The van der Waals surface area contributed by atoms with Crippen LogP contribution in [0.2, 0.25) is 0 Å². The molecule has 0 saturated carbocycles. The molecule has 2 atom stereocenters. The lowest BCUT2D eigenvalue weighted by molar-refractivity contribution is -0.125. The van der Waals surface area contributed by atoms with Crippen LogP contribution in [0.3, 0.4) is 0 Å². The van der Waals surface area contributed by atoms with Gasteiger partial charge in [0, 0.05) is 25.0 Å². The lowest BCUT2D eigenvalue weighted by atomic mass is 9.84. The van der Waals surface area contributed by atoms with Crippen LogP contribution in [0, 0.1) is 0 Å². The van der Waals surface area contributed by atoms with E-state index in [0.29, 0.717) is 30.2 Å². The van der Waals surface area contributed by atoms with E-state index in [9.17, 15) is 4.79 Å². The van der Waals surface area contributed by atoms with Gasteiger partial charge in [-0.2, -0.15) is 0 Å². The number of ether oxygens (including phenoxy) is 2. The van der Waals surface area contributed by atoms with E-state index in [1.165, 1.54) is 0 Å². The molecule has 3 aromatic rings. The fraction of sp³-hybridized carbons (Fsp3) is 0.214. The summed E-state index contributed by atoms with van der Waals surface area (Å²) < 4.78 is 11.9. The lowest BCUT2D eigenvalue weighted by Gasteiger charge is -2.27. The Bertz CT molecular complexity index is 1160. The summed E-state index contributed by atoms with van der Waals surface area (Å²) in [6, 6.07) is 25.2. The third kappa shape index (κ3) is 4.72. The maximum Gasteiger partial charge on any atom is 0.250 e. The smallest absolute Gasteiger partial charge is 0.250 e. The van der Waals surface area contributed by atoms with Gasteiger partial charge >= 0.3 is 0 Å². The number of aliphatic imine (C=N–C) groups is 1. The topological polar surface area (TPSA) is 94.1 Å². The highest BCUT2D eigenvalue weighted by Gasteiger charge is 2.51. The first kappa shape index (κ1) is 23.3. The van der Waals surface area contributed by atoms with Crippen LogP contribution in [-0.4, -0.2) is 35.7 Å². The van der Waals surface area contributed by atoms with Gasteiger partial charge in [0.05, 0.1) is 6.61 Å². The molecule has 34 heavy (non-hydrogen) atoms. The van der Waals surface area contributed by atoms with Crippen molar-refractivity contribution < 1.29 is 19.4 Å². The fourth-order valence-electron chi connectivity index (χ4n) is 4.04. The number of aliphatic hydroxyl groups is 1. The second-order valence-electron chi connectivity index (χ2n) is 8.13. The van der Waals surface area contributed by atoms with E-state index in [1.807, 2.05) is 66.7 Å². The van der Waals surface area contributed by atoms with Crippen LogP contribution in [0.15, 0.2) is 96.5 Å². The van der Waals surface area contributed by atoms with Crippen molar-refractivity contribution in [1.29, 1.82) is 0 Å². The number of nitrogens with two attached hydrogens (primary N) is 1. The molecule has 0 bridgehead atoms. The minimum absolute atomic E-state index is 0.0783. The number of amides is 1. The summed E-state index contributed by atoms with van der Waals surface area (Å²) in [6.45, 7) is 4.32. The van der Waals surface area contributed by atoms with Gasteiger partial charge in [0.1, 0.15) is 5.75 Å². The van der Waals surface area contributed by atoms with Crippen LogP contribution in [0.4, 0.5) is 0 Å². The van der Waals surface area contributed by atoms with Gasteiger partial charge in [0.2, 0.25) is 11.8 Å². The molecule has 6 heteroatoms. The molecule has 1 aliphatic rings. The third-order valence-corrected chi connectivity index (χ3v) is 5.84. The highest BCUT2D eigenvalue weighted by Crippen LogP contribution is 2.42. The van der Waals surface area contributed by atoms with Gasteiger partial charge in [0.15, 0.2) is 11.6 Å². The fourth-order valence-corrected chi connectivity index (χ4v) is 4.04. The van der Waals surface area contributed by atoms with Crippen molar-refractivity contribution >= 4 is 11.8 Å². The minimum Gasteiger partial charge on any atom is -0.494 e. The van der Waals surface area contributed by atoms with Crippen LogP contribution in [0.1, 0.15) is 30.1 Å². The SMILES string of the molecule is C=CC[C@@]1(C(N)=O)N=C(c2ccc(OCCCO)cc2)O[C@@H]1c1ccc(-c2ccccc2)cc1. The molecular formula is C28H28N2O4. The first-order valence-electron chi connectivity index (χ1n) is 11.2. The van der Waals surface area contributed by atoms with Gasteiger partial charge in [-0.15, -0.1) is 6.58 Å². The van der Waals surface area contributed by atoms with Gasteiger partial charge in [-0.25, -0.2) is 4.99 Å². The van der Waals surface area contributed by atoms with E-state index in [-0.39, 0.29) is 13.0 Å². The number of rotatable bonds is 10. The quantitative estimate of drug-likeness (QED) is 0.349. The standard InChI is InChI=1S/C28H28N2O4/c1-2-17-28(27(29)32)25(22-11-9-21(10-12-22)20-7-4-3-5-8-20)34-26(30-28)23-13-15-24(16-14-23)33-19-6-18-31/h2-5,7-16,25,31H,1,6,17-19H2,(H2,29,32)/t25-,28-/m1/s1. The second-order valence-corrected chi connectivity index (χ2v) is 8.13. The molecule has 0 fully saturated rings. The summed E-state index contributed by atoms with van der Waals surface area (Å²) in [5, 5.41) is 8.90. The Morgan fingerprint density at radius 3 is 2.29 bits per heavy atom. The predicted molar refractivity (Wildman–Crippen MR) is 133 cm³/mol. The molecule has 0 saturated heterocycles. The molecule has 0 aromatic heterocycles. The molecule has 6 nitrogen and oxygen atoms in total. The van der Waals surface area contributed by atoms with Gasteiger partial charge < -0.3 is 20.3 Å². The Morgan fingerprint density at radius 2 is 1.68 bits per heavy atom. The Labute approximate surface area is 199 Å². The van der Waals surface area contributed by atoms with Gasteiger partial charge in [-0.3, -0.25) is 4.79 Å². The van der Waals surface area contributed by atoms with Crippen LogP contribution in [0.5, 0.6) is 5.75 Å². The molecule has 3 aromatic carbocycles. The van der Waals surface area contributed by atoms with Gasteiger partial charge in [0.25, 0.3) is 0 Å². The maximum atomic E-state index is 12.7. The summed E-state index contributed by atoms with van der Waals surface area (Å²) in [5.74, 6) is 0.458. The van der Waals surface area contributed by atoms with E-state index >= 15 is 0 Å². The summed E-state index contributed by atoms with van der Waals surface area (Å²) in [7, 11) is 0. The van der Waals surface area contributed by atoms with Crippen molar-refractivity contribution in [3.05, 3.63) is 103 Å². The molecule has 0 aliphatic carbocycles. The average molecular weight is 457 g/mol. The Morgan fingerprint density at radius 1 is 1.03 bits per heavy atom. The van der Waals surface area contributed by atoms with Crippen molar-refractivity contribution in [2.75, 3.05) is 13.2 Å². The number of hydrogen-bond donors (Lipinski definition) is 2. The van der Waals surface area contributed by atoms with E-state index in [4.69, 9.17) is 25.3 Å². The number of carbonyl (C=O) groups excluding carboxylic acids is 1. The average Bonchev–Trinajstić information content (AvgIpc) is 3.26. The largest absolute Gasteiger partial charge is 0.494 e. The zero-order chi connectivity index (χ0) is 24.0. The second kappa shape index (κ2) is 10.4. The summed E-state index contributed by atoms with van der Waals surface area (Å²) >= 11 is 0. The zero-order valence-corrected chi connectivity index (χ0v) is 18.9. The van der Waals surface area contributed by atoms with E-state index in [1.54, 1.807) is 18.2 Å². The first-order chi connectivity index (χ1) is 16.6. The minimum atomic E-state index is -1.29. The highest BCUT2D eigenvalue weighted by atomic mass is 16.5. The van der Waals surface area contributed by atoms with Crippen molar-refractivity contribution in [2.45, 2.75) is 24.5 Å². The Balaban J connectivity index is 1.63. The first-order valence-corrected chi connectivity index (χ1v) is 11.2. The Hall–Kier alpha value is -3.90. The molecular weight excluding hydrogens is 428 g/mol. The number of benzene rings is 3. The summed E-state index contributed by atoms with van der Waals surface area (Å²) in [6.07, 6.45) is 1.78. The van der Waals surface area contributed by atoms with E-state index < -0.39 is 17.6 Å². The predicted octanol–water partition coefficient (Wildman–Crippen LogP) is 4.43. The third-order valence-electron chi connectivity index (χ3n) is 5.84. The van der Waals surface area contributed by atoms with Crippen molar-refractivity contribution in [2.24, 2.45) is 10.7 Å².